The number of nitrogens with zero attached hydrogens (tertiary/aromatic N) is 2. The molecule has 1 aliphatic heterocycles. The predicted octanol–water partition coefficient (Wildman–Crippen LogP) is 4.09. The van der Waals surface area contributed by atoms with Crippen LogP contribution in [0.3, 0.4) is 0 Å². The number of aliphatic carboxylic acids is 1. The molecule has 0 bridgehead atoms. The Hall–Kier alpha value is -4.04. The molecule has 0 saturated carbocycles. The average Bonchev–Trinajstić information content (AvgIpc) is 2.79. The molecule has 2 atom stereocenters. The Labute approximate surface area is 177 Å². The Balaban J connectivity index is 1.79. The fraction of sp³-hybridized carbons (Fsp3) is 0.130. The Morgan fingerprint density at radius 3 is 2.29 bits per heavy atom. The number of carboxylic acid groups (broad SMARTS) is 1. The van der Waals surface area contributed by atoms with E-state index in [-0.39, 0.29) is 17.9 Å². The molecule has 1 amide bonds. The largest absolute Gasteiger partial charge is 0.481 e. The zero-order chi connectivity index (χ0) is 22.0. The van der Waals surface area contributed by atoms with Gasteiger partial charge in [0.25, 0.3) is 11.6 Å². The molecule has 0 spiro atoms. The van der Waals surface area contributed by atoms with Crippen LogP contribution >= 0.6 is 0 Å². The van der Waals surface area contributed by atoms with Gasteiger partial charge in [0.05, 0.1) is 4.92 Å². The molecule has 8 heteroatoms. The molecule has 3 aromatic rings. The first-order valence-corrected chi connectivity index (χ1v) is 9.54. The van der Waals surface area contributed by atoms with Crippen molar-refractivity contribution in [1.82, 2.24) is 5.06 Å². The zero-order valence-corrected chi connectivity index (χ0v) is 16.3. The van der Waals surface area contributed by atoms with Crippen LogP contribution in [0.5, 0.6) is 0 Å². The number of amides is 1. The maximum Gasteiger partial charge on any atom is 0.313 e. The molecule has 0 aliphatic carbocycles. The summed E-state index contributed by atoms with van der Waals surface area (Å²) in [6, 6.07) is 20.2. The van der Waals surface area contributed by atoms with Crippen molar-refractivity contribution in [2.24, 2.45) is 0 Å². The third kappa shape index (κ3) is 3.88. The third-order valence-electron chi connectivity index (χ3n) is 5.22. The molecule has 156 valence electrons. The average molecular weight is 418 g/mol. The molecule has 1 aliphatic rings. The van der Waals surface area contributed by atoms with E-state index in [4.69, 9.17) is 4.84 Å². The van der Waals surface area contributed by atoms with Gasteiger partial charge in [-0.25, -0.2) is 5.06 Å². The molecule has 0 unspecified atom stereocenters. The fourth-order valence-corrected chi connectivity index (χ4v) is 3.76. The number of benzene rings is 3. The fourth-order valence-electron chi connectivity index (χ4n) is 3.76. The summed E-state index contributed by atoms with van der Waals surface area (Å²) in [5.41, 5.74) is 1.73. The molecule has 3 aromatic carbocycles. The molecule has 0 radical (unpaired) electrons. The standard InChI is InChI=1S/C23H18N2O6/c26-22-19-9-5-4-8-18(19)20(23(27)28)21(16-10-12-17(13-11-16)25(29)30)24(22)31-14-15-6-2-1-3-7-15/h1-13,20-21H,14H2,(H,27,28)/t20-,21+/m0/s1. The second-order valence-electron chi connectivity index (χ2n) is 7.09. The third-order valence-corrected chi connectivity index (χ3v) is 5.22. The van der Waals surface area contributed by atoms with Crippen LogP contribution in [0.4, 0.5) is 5.69 Å². The van der Waals surface area contributed by atoms with Gasteiger partial charge in [0, 0.05) is 17.7 Å². The van der Waals surface area contributed by atoms with E-state index in [0.29, 0.717) is 11.1 Å². The molecule has 8 nitrogen and oxygen atoms in total. The Morgan fingerprint density at radius 1 is 1.00 bits per heavy atom. The second kappa shape index (κ2) is 8.37. The molecule has 4 rings (SSSR count). The minimum Gasteiger partial charge on any atom is -0.481 e. The van der Waals surface area contributed by atoms with Crippen LogP contribution in [0, 0.1) is 10.1 Å². The van der Waals surface area contributed by atoms with E-state index < -0.39 is 28.8 Å². The van der Waals surface area contributed by atoms with Crippen molar-refractivity contribution >= 4 is 17.6 Å². The molecule has 0 fully saturated rings. The van der Waals surface area contributed by atoms with Gasteiger partial charge in [-0.1, -0.05) is 48.5 Å². The Kier molecular flexibility index (Phi) is 5.46. The van der Waals surface area contributed by atoms with Crippen LogP contribution in [0.25, 0.3) is 0 Å². The highest BCUT2D eigenvalue weighted by Crippen LogP contribution is 2.43. The van der Waals surface area contributed by atoms with E-state index in [0.717, 1.165) is 10.6 Å². The second-order valence-corrected chi connectivity index (χ2v) is 7.09. The Morgan fingerprint density at radius 2 is 1.65 bits per heavy atom. The quantitative estimate of drug-likeness (QED) is 0.477. The van der Waals surface area contributed by atoms with Gasteiger partial charge in [-0.3, -0.25) is 24.5 Å². The van der Waals surface area contributed by atoms with Gasteiger partial charge in [-0.15, -0.1) is 0 Å². The van der Waals surface area contributed by atoms with Gasteiger partial charge in [0.1, 0.15) is 18.6 Å². The van der Waals surface area contributed by atoms with Gasteiger partial charge < -0.3 is 5.11 Å². The van der Waals surface area contributed by atoms with Crippen LogP contribution in [0.15, 0.2) is 78.9 Å². The van der Waals surface area contributed by atoms with Crippen molar-refractivity contribution in [2.75, 3.05) is 0 Å². The number of hydrogen-bond acceptors (Lipinski definition) is 5. The van der Waals surface area contributed by atoms with E-state index in [2.05, 4.69) is 0 Å². The van der Waals surface area contributed by atoms with Crippen LogP contribution in [-0.4, -0.2) is 27.0 Å². The highest BCUT2D eigenvalue weighted by molar-refractivity contribution is 5.99. The first-order chi connectivity index (χ1) is 15.0. The van der Waals surface area contributed by atoms with Crippen molar-refractivity contribution in [1.29, 1.82) is 0 Å². The summed E-state index contributed by atoms with van der Waals surface area (Å²) >= 11 is 0. The number of carbonyl (C=O) groups excluding carboxylic acids is 1. The summed E-state index contributed by atoms with van der Waals surface area (Å²) in [4.78, 5) is 41.9. The first-order valence-electron chi connectivity index (χ1n) is 9.54. The van der Waals surface area contributed by atoms with Crippen LogP contribution in [-0.2, 0) is 16.2 Å². The maximum atomic E-state index is 13.3. The molecular weight excluding hydrogens is 400 g/mol. The maximum absolute atomic E-state index is 13.3. The SMILES string of the molecule is O=C(O)[C@H]1c2ccccc2C(=O)N(OCc2ccccc2)[C@@H]1c1ccc([N+](=O)[O-])cc1. The Bertz CT molecular complexity index is 1130. The molecule has 1 heterocycles. The minimum absolute atomic E-state index is 0.0601. The number of hydroxylamine groups is 2. The number of fused-ring (bicyclic) bond motifs is 1. The van der Waals surface area contributed by atoms with E-state index in [1.165, 1.54) is 24.3 Å². The van der Waals surface area contributed by atoms with Gasteiger partial charge in [-0.05, 0) is 34.9 Å². The number of nitro benzene ring substituents is 1. The number of carboxylic acids is 1. The van der Waals surface area contributed by atoms with Crippen molar-refractivity contribution in [3.8, 4) is 0 Å². The smallest absolute Gasteiger partial charge is 0.313 e. The molecule has 0 aromatic heterocycles. The lowest BCUT2D eigenvalue weighted by molar-refractivity contribution is -0.384. The summed E-state index contributed by atoms with van der Waals surface area (Å²) in [7, 11) is 0. The number of rotatable bonds is 6. The summed E-state index contributed by atoms with van der Waals surface area (Å²) in [5, 5.41) is 22.1. The van der Waals surface area contributed by atoms with Crippen LogP contribution < -0.4 is 0 Å². The topological polar surface area (TPSA) is 110 Å². The monoisotopic (exact) mass is 418 g/mol. The number of nitro groups is 1. The molecule has 1 N–H and O–H groups in total. The normalized spacial score (nSPS) is 17.8. The number of carbonyl (C=O) groups is 2. The van der Waals surface area contributed by atoms with E-state index in [1.807, 2.05) is 30.3 Å². The summed E-state index contributed by atoms with van der Waals surface area (Å²) in [5.74, 6) is -2.70. The molecule has 0 saturated heterocycles. The van der Waals surface area contributed by atoms with Crippen LogP contribution in [0.2, 0.25) is 0 Å². The van der Waals surface area contributed by atoms with Crippen molar-refractivity contribution in [3.63, 3.8) is 0 Å². The first kappa shape index (κ1) is 20.2. The van der Waals surface area contributed by atoms with Gasteiger partial charge >= 0.3 is 5.97 Å². The summed E-state index contributed by atoms with van der Waals surface area (Å²) in [6.45, 7) is 0.0601. The minimum atomic E-state index is -1.13. The van der Waals surface area contributed by atoms with Crippen LogP contribution in [0.1, 0.15) is 39.0 Å². The molecule has 31 heavy (non-hydrogen) atoms. The number of non-ortho nitro benzene ring substituents is 1. The highest BCUT2D eigenvalue weighted by atomic mass is 16.7. The lowest BCUT2D eigenvalue weighted by Gasteiger charge is -2.39. The van der Waals surface area contributed by atoms with E-state index in [1.54, 1.807) is 24.3 Å². The van der Waals surface area contributed by atoms with Gasteiger partial charge in [0.2, 0.25) is 0 Å². The van der Waals surface area contributed by atoms with Gasteiger partial charge in [0.15, 0.2) is 0 Å². The van der Waals surface area contributed by atoms with Crippen molar-refractivity contribution < 1.29 is 24.5 Å². The lowest BCUT2D eigenvalue weighted by Crippen LogP contribution is -2.44. The van der Waals surface area contributed by atoms with Crippen molar-refractivity contribution in [3.05, 3.63) is 111 Å². The summed E-state index contributed by atoms with van der Waals surface area (Å²) in [6.07, 6.45) is 0. The lowest BCUT2D eigenvalue weighted by atomic mass is 9.81. The van der Waals surface area contributed by atoms with E-state index >= 15 is 0 Å². The predicted molar refractivity (Wildman–Crippen MR) is 110 cm³/mol. The van der Waals surface area contributed by atoms with Gasteiger partial charge in [-0.2, -0.15) is 0 Å². The van der Waals surface area contributed by atoms with E-state index in [9.17, 15) is 24.8 Å². The van der Waals surface area contributed by atoms with Crippen molar-refractivity contribution in [2.45, 2.75) is 18.6 Å². The number of hydrogen-bond donors (Lipinski definition) is 1. The highest BCUT2D eigenvalue weighted by Gasteiger charge is 2.45. The summed E-state index contributed by atoms with van der Waals surface area (Å²) < 4.78 is 0. The molecular formula is C23H18N2O6. The zero-order valence-electron chi connectivity index (χ0n) is 16.3.